The van der Waals surface area contributed by atoms with Gasteiger partial charge in [0.2, 0.25) is 0 Å². The van der Waals surface area contributed by atoms with Gasteiger partial charge in [0.05, 0.1) is 30.6 Å². The van der Waals surface area contributed by atoms with Crippen LogP contribution in [-0.4, -0.2) is 42.6 Å². The summed E-state index contributed by atoms with van der Waals surface area (Å²) >= 11 is 0. The number of nitrogens with zero attached hydrogens (tertiary/aromatic N) is 1. The van der Waals surface area contributed by atoms with Crippen LogP contribution < -0.4 is 10.2 Å². The van der Waals surface area contributed by atoms with Gasteiger partial charge in [-0.2, -0.15) is 0 Å². The minimum absolute atomic E-state index is 0.0716. The van der Waals surface area contributed by atoms with E-state index in [0.717, 1.165) is 37.5 Å². The molecule has 3 rings (SSSR count). The third kappa shape index (κ3) is 1.76. The SMILES string of the molecule is Oc1cc2c(cc1O)N1CCOCC1CCN2. The van der Waals surface area contributed by atoms with Gasteiger partial charge in [0.25, 0.3) is 0 Å². The molecule has 0 saturated carbocycles. The third-order valence-electron chi connectivity index (χ3n) is 3.42. The number of anilines is 2. The van der Waals surface area contributed by atoms with Crippen LogP contribution in [0.2, 0.25) is 0 Å². The van der Waals surface area contributed by atoms with Crippen LogP contribution in [0.1, 0.15) is 6.42 Å². The van der Waals surface area contributed by atoms with Gasteiger partial charge in [-0.3, -0.25) is 0 Å². The molecular weight excluding hydrogens is 220 g/mol. The summed E-state index contributed by atoms with van der Waals surface area (Å²) in [6.45, 7) is 3.10. The van der Waals surface area contributed by atoms with Crippen molar-refractivity contribution in [3.63, 3.8) is 0 Å². The largest absolute Gasteiger partial charge is 0.504 e. The molecule has 1 aromatic rings. The van der Waals surface area contributed by atoms with Crippen molar-refractivity contribution in [2.24, 2.45) is 0 Å². The van der Waals surface area contributed by atoms with Gasteiger partial charge >= 0.3 is 0 Å². The molecule has 0 aliphatic carbocycles. The van der Waals surface area contributed by atoms with Crippen molar-refractivity contribution in [2.45, 2.75) is 12.5 Å². The molecule has 2 heterocycles. The zero-order chi connectivity index (χ0) is 11.8. The Morgan fingerprint density at radius 2 is 2.12 bits per heavy atom. The first kappa shape index (κ1) is 10.5. The first-order valence-corrected chi connectivity index (χ1v) is 5.90. The van der Waals surface area contributed by atoms with E-state index in [1.54, 1.807) is 12.1 Å². The Hall–Kier alpha value is -1.62. The van der Waals surface area contributed by atoms with Crippen molar-refractivity contribution in [3.8, 4) is 11.5 Å². The second kappa shape index (κ2) is 4.00. The van der Waals surface area contributed by atoms with E-state index in [-0.39, 0.29) is 11.5 Å². The number of morpholine rings is 1. The summed E-state index contributed by atoms with van der Waals surface area (Å²) in [5.74, 6) is -0.152. The van der Waals surface area contributed by atoms with Crippen molar-refractivity contribution in [2.75, 3.05) is 36.5 Å². The predicted molar refractivity (Wildman–Crippen MR) is 64.8 cm³/mol. The fourth-order valence-corrected chi connectivity index (χ4v) is 2.53. The highest BCUT2D eigenvalue weighted by atomic mass is 16.5. The molecule has 17 heavy (non-hydrogen) atoms. The van der Waals surface area contributed by atoms with E-state index in [1.807, 2.05) is 0 Å². The Bertz CT molecular complexity index is 436. The number of benzene rings is 1. The van der Waals surface area contributed by atoms with Crippen LogP contribution >= 0.6 is 0 Å². The number of hydrogen-bond donors (Lipinski definition) is 3. The molecule has 0 aromatic heterocycles. The summed E-state index contributed by atoms with van der Waals surface area (Å²) in [4.78, 5) is 2.25. The quantitative estimate of drug-likeness (QED) is 0.465. The monoisotopic (exact) mass is 236 g/mol. The Morgan fingerprint density at radius 1 is 1.29 bits per heavy atom. The van der Waals surface area contributed by atoms with Crippen LogP contribution in [0.15, 0.2) is 12.1 Å². The lowest BCUT2D eigenvalue weighted by Gasteiger charge is -2.36. The van der Waals surface area contributed by atoms with E-state index in [4.69, 9.17) is 4.74 Å². The normalized spacial score (nSPS) is 23.3. The highest BCUT2D eigenvalue weighted by Crippen LogP contribution is 2.39. The molecule has 0 amide bonds. The molecule has 1 fully saturated rings. The lowest BCUT2D eigenvalue weighted by atomic mass is 10.1. The highest BCUT2D eigenvalue weighted by molar-refractivity contribution is 5.76. The average molecular weight is 236 g/mol. The number of ether oxygens (including phenoxy) is 1. The standard InChI is InChI=1S/C12H16N2O3/c15-11-5-9-10(6-12(11)16)14-3-4-17-7-8(14)1-2-13-9/h5-6,8,13,15-16H,1-4,7H2. The molecule has 1 aromatic carbocycles. The number of phenolic OH excluding ortho intramolecular Hbond substituents is 2. The van der Waals surface area contributed by atoms with Crippen molar-refractivity contribution in [3.05, 3.63) is 12.1 Å². The van der Waals surface area contributed by atoms with Crippen LogP contribution in [-0.2, 0) is 4.74 Å². The van der Waals surface area contributed by atoms with Gasteiger partial charge in [-0.05, 0) is 6.42 Å². The average Bonchev–Trinajstić information content (AvgIpc) is 2.50. The molecule has 2 aliphatic rings. The Kier molecular flexibility index (Phi) is 2.48. The molecule has 1 unspecified atom stereocenters. The lowest BCUT2D eigenvalue weighted by molar-refractivity contribution is 0.0931. The molecule has 1 atom stereocenters. The van der Waals surface area contributed by atoms with Crippen molar-refractivity contribution in [1.82, 2.24) is 0 Å². The van der Waals surface area contributed by atoms with Gasteiger partial charge in [0.15, 0.2) is 11.5 Å². The molecule has 5 nitrogen and oxygen atoms in total. The van der Waals surface area contributed by atoms with Crippen molar-refractivity contribution >= 4 is 11.4 Å². The Labute approximate surface area is 99.6 Å². The van der Waals surface area contributed by atoms with E-state index in [1.165, 1.54) is 0 Å². The predicted octanol–water partition coefficient (Wildman–Crippen LogP) is 1.12. The fraction of sp³-hybridized carbons (Fsp3) is 0.500. The summed E-state index contributed by atoms with van der Waals surface area (Å²) in [5.41, 5.74) is 1.83. The molecule has 0 radical (unpaired) electrons. The minimum atomic E-state index is -0.0806. The highest BCUT2D eigenvalue weighted by Gasteiger charge is 2.28. The van der Waals surface area contributed by atoms with E-state index >= 15 is 0 Å². The molecule has 1 saturated heterocycles. The number of fused-ring (bicyclic) bond motifs is 3. The first-order valence-electron chi connectivity index (χ1n) is 5.90. The van der Waals surface area contributed by atoms with Crippen molar-refractivity contribution < 1.29 is 14.9 Å². The molecular formula is C12H16N2O3. The van der Waals surface area contributed by atoms with Gasteiger partial charge in [-0.1, -0.05) is 0 Å². The third-order valence-corrected chi connectivity index (χ3v) is 3.42. The first-order chi connectivity index (χ1) is 8.25. The zero-order valence-electron chi connectivity index (χ0n) is 9.52. The topological polar surface area (TPSA) is 65.0 Å². The zero-order valence-corrected chi connectivity index (χ0v) is 9.52. The van der Waals surface area contributed by atoms with Gasteiger partial charge < -0.3 is 25.2 Å². The van der Waals surface area contributed by atoms with E-state index in [2.05, 4.69) is 10.2 Å². The fourth-order valence-electron chi connectivity index (χ4n) is 2.53. The number of nitrogens with one attached hydrogen (secondary N) is 1. The van der Waals surface area contributed by atoms with Crippen LogP contribution in [0.3, 0.4) is 0 Å². The van der Waals surface area contributed by atoms with Gasteiger partial charge in [0, 0.05) is 25.2 Å². The second-order valence-electron chi connectivity index (χ2n) is 4.50. The number of hydrogen-bond acceptors (Lipinski definition) is 5. The van der Waals surface area contributed by atoms with E-state index in [9.17, 15) is 10.2 Å². The van der Waals surface area contributed by atoms with Crippen molar-refractivity contribution in [1.29, 1.82) is 0 Å². The van der Waals surface area contributed by atoms with Crippen LogP contribution in [0.4, 0.5) is 11.4 Å². The smallest absolute Gasteiger partial charge is 0.159 e. The second-order valence-corrected chi connectivity index (χ2v) is 4.50. The molecule has 2 aliphatic heterocycles. The van der Waals surface area contributed by atoms with Gasteiger partial charge in [-0.15, -0.1) is 0 Å². The summed E-state index contributed by atoms with van der Waals surface area (Å²) in [7, 11) is 0. The van der Waals surface area contributed by atoms with Gasteiger partial charge in [0.1, 0.15) is 0 Å². The number of phenols is 2. The summed E-state index contributed by atoms with van der Waals surface area (Å²) < 4.78 is 5.48. The summed E-state index contributed by atoms with van der Waals surface area (Å²) in [6, 6.07) is 3.56. The molecule has 0 bridgehead atoms. The molecule has 5 heteroatoms. The van der Waals surface area contributed by atoms with Crippen LogP contribution in [0.5, 0.6) is 11.5 Å². The molecule has 3 N–H and O–H groups in total. The summed E-state index contributed by atoms with van der Waals surface area (Å²) in [6.07, 6.45) is 0.996. The molecule has 0 spiro atoms. The maximum Gasteiger partial charge on any atom is 0.159 e. The maximum absolute atomic E-state index is 9.62. The minimum Gasteiger partial charge on any atom is -0.504 e. The van der Waals surface area contributed by atoms with E-state index in [0.29, 0.717) is 12.6 Å². The van der Waals surface area contributed by atoms with E-state index < -0.39 is 0 Å². The Balaban J connectivity index is 2.05. The number of aromatic hydroxyl groups is 2. The number of rotatable bonds is 0. The summed E-state index contributed by atoms with van der Waals surface area (Å²) in [5, 5.41) is 22.4. The lowest BCUT2D eigenvalue weighted by Crippen LogP contribution is -2.45. The van der Waals surface area contributed by atoms with Gasteiger partial charge in [-0.25, -0.2) is 0 Å². The maximum atomic E-state index is 9.62. The molecule has 92 valence electrons. The van der Waals surface area contributed by atoms with Crippen LogP contribution in [0, 0.1) is 0 Å². The Morgan fingerprint density at radius 3 is 3.00 bits per heavy atom. The van der Waals surface area contributed by atoms with Crippen LogP contribution in [0.25, 0.3) is 0 Å².